The standard InChI is InChI=1S/C16H18N2OS/c1-11-7-12-8-13(9-18-5-6-20-10-18)19-16(12)14-3-2-4-17-15(11)14/h2-3,5-7,13,17H,4,8-10H2,1H3. The van der Waals surface area contributed by atoms with E-state index in [1.165, 1.54) is 22.4 Å². The summed E-state index contributed by atoms with van der Waals surface area (Å²) in [5.41, 5.74) is 5.16. The Labute approximate surface area is 123 Å². The zero-order valence-corrected chi connectivity index (χ0v) is 12.4. The van der Waals surface area contributed by atoms with Gasteiger partial charge in [-0.15, -0.1) is 11.8 Å². The molecule has 0 amide bonds. The molecule has 3 aliphatic heterocycles. The molecule has 3 heterocycles. The van der Waals surface area contributed by atoms with Crippen molar-refractivity contribution < 1.29 is 4.74 Å². The fraction of sp³-hybridized carbons (Fsp3) is 0.375. The van der Waals surface area contributed by atoms with Crippen LogP contribution in [0.15, 0.2) is 23.8 Å². The maximum atomic E-state index is 6.25. The summed E-state index contributed by atoms with van der Waals surface area (Å²) in [6, 6.07) is 2.29. The molecule has 104 valence electrons. The van der Waals surface area contributed by atoms with E-state index in [0.717, 1.165) is 31.1 Å². The molecule has 4 rings (SSSR count). The normalized spacial score (nSPS) is 22.4. The molecule has 3 nitrogen and oxygen atoms in total. The number of rotatable bonds is 2. The molecular formula is C16H18N2OS. The molecule has 0 saturated carbocycles. The van der Waals surface area contributed by atoms with Crippen LogP contribution in [0.2, 0.25) is 0 Å². The first-order chi connectivity index (χ1) is 9.81. The number of nitrogens with one attached hydrogen (secondary N) is 1. The largest absolute Gasteiger partial charge is 0.487 e. The van der Waals surface area contributed by atoms with E-state index >= 15 is 0 Å². The van der Waals surface area contributed by atoms with Gasteiger partial charge in [0.25, 0.3) is 0 Å². The lowest BCUT2D eigenvalue weighted by Crippen LogP contribution is -2.29. The van der Waals surface area contributed by atoms with Crippen LogP contribution in [0.5, 0.6) is 5.75 Å². The smallest absolute Gasteiger partial charge is 0.132 e. The van der Waals surface area contributed by atoms with Crippen molar-refractivity contribution in [3.8, 4) is 5.75 Å². The first kappa shape index (κ1) is 12.2. The van der Waals surface area contributed by atoms with E-state index < -0.39 is 0 Å². The molecule has 1 atom stereocenters. The number of hydrogen-bond acceptors (Lipinski definition) is 4. The summed E-state index contributed by atoms with van der Waals surface area (Å²) in [6.07, 6.45) is 7.82. The number of aryl methyl sites for hydroxylation is 1. The zero-order chi connectivity index (χ0) is 13.5. The molecule has 0 bridgehead atoms. The van der Waals surface area contributed by atoms with E-state index in [9.17, 15) is 0 Å². The predicted octanol–water partition coefficient (Wildman–Crippen LogP) is 3.21. The third-order valence-corrected chi connectivity index (χ3v) is 4.85. The minimum Gasteiger partial charge on any atom is -0.487 e. The van der Waals surface area contributed by atoms with E-state index in [4.69, 9.17) is 4.74 Å². The van der Waals surface area contributed by atoms with Crippen molar-refractivity contribution in [2.45, 2.75) is 19.4 Å². The van der Waals surface area contributed by atoms with E-state index in [-0.39, 0.29) is 6.10 Å². The van der Waals surface area contributed by atoms with Crippen molar-refractivity contribution in [1.29, 1.82) is 0 Å². The second kappa shape index (κ2) is 4.77. The Morgan fingerprint density at radius 2 is 2.45 bits per heavy atom. The summed E-state index contributed by atoms with van der Waals surface area (Å²) in [6.45, 7) is 4.06. The molecule has 3 aliphatic rings. The summed E-state index contributed by atoms with van der Waals surface area (Å²) in [5.74, 6) is 2.14. The van der Waals surface area contributed by atoms with E-state index in [2.05, 4.69) is 47.0 Å². The van der Waals surface area contributed by atoms with Crippen LogP contribution in [0.25, 0.3) is 6.08 Å². The summed E-state index contributed by atoms with van der Waals surface area (Å²) in [5, 5.41) is 5.61. The van der Waals surface area contributed by atoms with Gasteiger partial charge in [-0.25, -0.2) is 0 Å². The van der Waals surface area contributed by atoms with Crippen molar-refractivity contribution in [3.63, 3.8) is 0 Å². The monoisotopic (exact) mass is 286 g/mol. The van der Waals surface area contributed by atoms with Crippen LogP contribution in [-0.2, 0) is 6.42 Å². The molecule has 1 unspecified atom stereocenters. The van der Waals surface area contributed by atoms with Gasteiger partial charge in [0.15, 0.2) is 0 Å². The summed E-state index contributed by atoms with van der Waals surface area (Å²) in [4.78, 5) is 2.33. The number of hydrogen-bond donors (Lipinski definition) is 1. The van der Waals surface area contributed by atoms with E-state index in [0.29, 0.717) is 0 Å². The minimum absolute atomic E-state index is 0.273. The van der Waals surface area contributed by atoms with Crippen LogP contribution in [0, 0.1) is 6.92 Å². The van der Waals surface area contributed by atoms with Crippen molar-refractivity contribution in [2.75, 3.05) is 24.3 Å². The van der Waals surface area contributed by atoms with Crippen LogP contribution in [0.4, 0.5) is 5.69 Å². The Balaban J connectivity index is 1.61. The number of anilines is 1. The average Bonchev–Trinajstić information content (AvgIpc) is 3.09. The van der Waals surface area contributed by atoms with Crippen molar-refractivity contribution in [3.05, 3.63) is 40.4 Å². The third-order valence-electron chi connectivity index (χ3n) is 4.05. The molecule has 0 aromatic heterocycles. The number of fused-ring (bicyclic) bond motifs is 3. The van der Waals surface area contributed by atoms with Crippen molar-refractivity contribution in [2.24, 2.45) is 0 Å². The van der Waals surface area contributed by atoms with Gasteiger partial charge < -0.3 is 15.0 Å². The van der Waals surface area contributed by atoms with Crippen LogP contribution in [-0.4, -0.2) is 30.0 Å². The number of benzene rings is 1. The van der Waals surface area contributed by atoms with Gasteiger partial charge in [-0.3, -0.25) is 0 Å². The van der Waals surface area contributed by atoms with Gasteiger partial charge in [0.05, 0.1) is 12.4 Å². The second-order valence-corrected chi connectivity index (χ2v) is 6.41. The van der Waals surface area contributed by atoms with E-state index in [1.54, 1.807) is 0 Å². The van der Waals surface area contributed by atoms with E-state index in [1.807, 2.05) is 11.8 Å². The Kier molecular flexibility index (Phi) is 2.91. The highest BCUT2D eigenvalue weighted by atomic mass is 32.2. The Hall–Kier alpha value is -1.55. The summed E-state index contributed by atoms with van der Waals surface area (Å²) >= 11 is 1.84. The summed E-state index contributed by atoms with van der Waals surface area (Å²) in [7, 11) is 0. The number of thioether (sulfide) groups is 1. The van der Waals surface area contributed by atoms with Crippen LogP contribution in [0.3, 0.4) is 0 Å². The maximum absolute atomic E-state index is 6.25. The number of ether oxygens (including phenoxy) is 1. The molecule has 20 heavy (non-hydrogen) atoms. The van der Waals surface area contributed by atoms with Crippen molar-refractivity contribution >= 4 is 23.5 Å². The first-order valence-corrected chi connectivity index (χ1v) is 8.12. The molecule has 1 aromatic carbocycles. The molecule has 4 heteroatoms. The quantitative estimate of drug-likeness (QED) is 0.902. The molecule has 1 N–H and O–H groups in total. The van der Waals surface area contributed by atoms with Crippen LogP contribution < -0.4 is 10.1 Å². The average molecular weight is 286 g/mol. The Morgan fingerprint density at radius 3 is 3.30 bits per heavy atom. The molecule has 0 radical (unpaired) electrons. The van der Waals surface area contributed by atoms with Gasteiger partial charge in [-0.1, -0.05) is 18.2 Å². The summed E-state index contributed by atoms with van der Waals surface area (Å²) < 4.78 is 6.25. The zero-order valence-electron chi connectivity index (χ0n) is 11.6. The van der Waals surface area contributed by atoms with Gasteiger partial charge in [0, 0.05) is 30.4 Å². The van der Waals surface area contributed by atoms with Crippen LogP contribution >= 0.6 is 11.8 Å². The molecule has 1 aromatic rings. The topological polar surface area (TPSA) is 24.5 Å². The van der Waals surface area contributed by atoms with Gasteiger partial charge >= 0.3 is 0 Å². The highest BCUT2D eigenvalue weighted by Gasteiger charge is 2.29. The fourth-order valence-electron chi connectivity index (χ4n) is 3.16. The fourth-order valence-corrected chi connectivity index (χ4v) is 3.89. The highest BCUT2D eigenvalue weighted by Crippen LogP contribution is 2.41. The molecule has 0 fully saturated rings. The van der Waals surface area contributed by atoms with Crippen LogP contribution in [0.1, 0.15) is 16.7 Å². The molecule has 0 aliphatic carbocycles. The van der Waals surface area contributed by atoms with Gasteiger partial charge in [0.1, 0.15) is 11.9 Å². The molecular weight excluding hydrogens is 268 g/mol. The lowest BCUT2D eigenvalue weighted by molar-refractivity contribution is 0.191. The lowest BCUT2D eigenvalue weighted by atomic mass is 9.98. The number of nitrogens with zero attached hydrogens (tertiary/aromatic N) is 1. The maximum Gasteiger partial charge on any atom is 0.132 e. The van der Waals surface area contributed by atoms with Gasteiger partial charge in [-0.05, 0) is 23.5 Å². The minimum atomic E-state index is 0.273. The molecule has 0 spiro atoms. The molecule has 0 saturated heterocycles. The third kappa shape index (κ3) is 1.99. The Bertz CT molecular complexity index is 609. The lowest BCUT2D eigenvalue weighted by Gasteiger charge is -2.21. The second-order valence-electron chi connectivity index (χ2n) is 5.55. The van der Waals surface area contributed by atoms with Gasteiger partial charge in [-0.2, -0.15) is 0 Å². The first-order valence-electron chi connectivity index (χ1n) is 7.07. The predicted molar refractivity (Wildman–Crippen MR) is 85.1 cm³/mol. The Morgan fingerprint density at radius 1 is 1.50 bits per heavy atom. The van der Waals surface area contributed by atoms with Gasteiger partial charge in [0.2, 0.25) is 0 Å². The SMILES string of the molecule is Cc1cc2c(c3c1NCC=C3)OC(CN1C=CSC1)C2. The van der Waals surface area contributed by atoms with Crippen molar-refractivity contribution in [1.82, 2.24) is 4.90 Å². The highest BCUT2D eigenvalue weighted by molar-refractivity contribution is 8.02.